The number of para-hydroxylation sites is 1. The molecule has 1 aromatic heterocycles. The van der Waals surface area contributed by atoms with Crippen LogP contribution in [0, 0.1) is 6.92 Å². The highest BCUT2D eigenvalue weighted by molar-refractivity contribution is 6.18. The molecular weight excluding hydrogens is 389 g/mol. The number of ether oxygens (including phenoxy) is 1. The molecule has 4 nitrogen and oxygen atoms in total. The van der Waals surface area contributed by atoms with Gasteiger partial charge in [0.1, 0.15) is 11.2 Å². The third-order valence-corrected chi connectivity index (χ3v) is 3.76. The number of hydrogen-bond donors (Lipinski definition) is 1. The van der Waals surface area contributed by atoms with Crippen LogP contribution in [0.2, 0.25) is 0 Å². The van der Waals surface area contributed by atoms with Crippen LogP contribution in [0.1, 0.15) is 16.9 Å². The van der Waals surface area contributed by atoms with Gasteiger partial charge in [-0.3, -0.25) is 0 Å². The topological polar surface area (TPSA) is 59.7 Å². The molecule has 27 heavy (non-hydrogen) atoms. The predicted octanol–water partition coefficient (Wildman–Crippen LogP) is 5.10. The number of methoxy groups -OCH3 is 1. The fourth-order valence-corrected chi connectivity index (χ4v) is 2.42. The zero-order valence-corrected chi connectivity index (χ0v) is 13.6. The zero-order valence-electron chi connectivity index (χ0n) is 13.6. The van der Waals surface area contributed by atoms with E-state index >= 15 is 0 Å². The summed E-state index contributed by atoms with van der Waals surface area (Å²) in [6.07, 6.45) is -5.80. The number of benzene rings is 1. The number of carboxylic acids is 1. The van der Waals surface area contributed by atoms with Crippen LogP contribution in [0.4, 0.5) is 30.7 Å². The van der Waals surface area contributed by atoms with Crippen LogP contribution < -0.4 is 0 Å². The Hall–Kier alpha value is -2.72. The molecule has 1 N–H and O–H groups in total. The van der Waals surface area contributed by atoms with Gasteiger partial charge in [0, 0.05) is 16.5 Å². The van der Waals surface area contributed by atoms with Crippen LogP contribution in [0.25, 0.3) is 16.5 Å². The van der Waals surface area contributed by atoms with E-state index in [1.54, 1.807) is 0 Å². The summed E-state index contributed by atoms with van der Waals surface area (Å²) in [5.74, 6) is -15.6. The van der Waals surface area contributed by atoms with Crippen molar-refractivity contribution < 1.29 is 49.8 Å². The summed E-state index contributed by atoms with van der Waals surface area (Å²) in [5, 5.41) is 8.94. The Morgan fingerprint density at radius 3 is 2.22 bits per heavy atom. The van der Waals surface area contributed by atoms with E-state index in [0.717, 1.165) is 32.4 Å². The molecule has 148 valence electrons. The van der Waals surface area contributed by atoms with E-state index in [4.69, 9.17) is 0 Å². The zero-order chi connectivity index (χ0) is 20.8. The molecule has 0 bridgehead atoms. The summed E-state index contributed by atoms with van der Waals surface area (Å²) >= 11 is 0. The van der Waals surface area contributed by atoms with Crippen LogP contribution in [0.5, 0.6) is 0 Å². The predicted molar refractivity (Wildman–Crippen MR) is 78.5 cm³/mol. The number of furan rings is 1. The van der Waals surface area contributed by atoms with Crippen molar-refractivity contribution in [1.29, 1.82) is 0 Å². The number of hydrogen-bond acceptors (Lipinski definition) is 3. The number of alkyl halides is 7. The second-order valence-corrected chi connectivity index (χ2v) is 5.46. The van der Waals surface area contributed by atoms with E-state index in [-0.39, 0.29) is 10.9 Å². The maximum atomic E-state index is 14.0. The Morgan fingerprint density at radius 1 is 1.15 bits per heavy atom. The first-order valence-electron chi connectivity index (χ1n) is 7.09. The normalized spacial score (nSPS) is 13.9. The number of halogens is 7. The average molecular weight is 400 g/mol. The Morgan fingerprint density at radius 2 is 1.74 bits per heavy atom. The summed E-state index contributed by atoms with van der Waals surface area (Å²) in [6, 6.07) is 3.43. The molecule has 0 fully saturated rings. The van der Waals surface area contributed by atoms with Gasteiger partial charge in [0.25, 0.3) is 0 Å². The van der Waals surface area contributed by atoms with Crippen LogP contribution >= 0.6 is 0 Å². The molecule has 0 aliphatic rings. The molecule has 2 rings (SSSR count). The first-order chi connectivity index (χ1) is 12.3. The molecule has 0 saturated heterocycles. The van der Waals surface area contributed by atoms with Gasteiger partial charge in [-0.2, -0.15) is 30.7 Å². The molecule has 0 radical (unpaired) electrons. The van der Waals surface area contributed by atoms with E-state index in [1.165, 1.54) is 6.07 Å². The molecular formula is C16H11F7O4. The standard InChI is InChI=1S/C16H11F7O4/c1-7-8-4-3-5-9(10(6-26-2)13(24)25)11(8)27-12(7)14(17,18)15(19,20)16(21,22)23/h3-6H,1-2H3,(H,24,25). The number of aryl methyl sites for hydroxylation is 1. The van der Waals surface area contributed by atoms with Gasteiger partial charge in [0.15, 0.2) is 5.76 Å². The molecule has 11 heteroatoms. The Kier molecular flexibility index (Phi) is 4.93. The molecule has 0 spiro atoms. The van der Waals surface area contributed by atoms with Crippen LogP contribution in [-0.2, 0) is 15.5 Å². The minimum absolute atomic E-state index is 0.247. The van der Waals surface area contributed by atoms with Crippen molar-refractivity contribution >= 4 is 22.5 Å². The minimum Gasteiger partial charge on any atom is -0.503 e. The second-order valence-electron chi connectivity index (χ2n) is 5.46. The highest BCUT2D eigenvalue weighted by Gasteiger charge is 2.75. The largest absolute Gasteiger partial charge is 0.503 e. The Balaban J connectivity index is 2.80. The Labute approximate surface area is 146 Å². The van der Waals surface area contributed by atoms with Crippen molar-refractivity contribution in [2.45, 2.75) is 24.9 Å². The highest BCUT2D eigenvalue weighted by Crippen LogP contribution is 2.53. The molecule has 0 unspecified atom stereocenters. The molecule has 0 amide bonds. The van der Waals surface area contributed by atoms with E-state index in [0.29, 0.717) is 0 Å². The van der Waals surface area contributed by atoms with E-state index < -0.39 is 46.5 Å². The van der Waals surface area contributed by atoms with Crippen LogP contribution in [0.3, 0.4) is 0 Å². The van der Waals surface area contributed by atoms with Gasteiger partial charge in [-0.05, 0) is 6.92 Å². The van der Waals surface area contributed by atoms with Gasteiger partial charge in [0.2, 0.25) is 0 Å². The Bertz CT molecular complexity index is 909. The first kappa shape index (κ1) is 20.6. The van der Waals surface area contributed by atoms with Crippen molar-refractivity contribution in [3.8, 4) is 0 Å². The lowest BCUT2D eigenvalue weighted by molar-refractivity contribution is -0.363. The lowest BCUT2D eigenvalue weighted by Gasteiger charge is -2.27. The number of aliphatic carboxylic acids is 1. The lowest BCUT2D eigenvalue weighted by Crippen LogP contribution is -2.50. The van der Waals surface area contributed by atoms with Gasteiger partial charge in [-0.25, -0.2) is 4.79 Å². The maximum Gasteiger partial charge on any atom is 0.460 e. The number of rotatable bonds is 5. The molecule has 1 aromatic carbocycles. The fraction of sp³-hybridized carbons (Fsp3) is 0.312. The van der Waals surface area contributed by atoms with Crippen molar-refractivity contribution in [3.63, 3.8) is 0 Å². The molecule has 0 aliphatic heterocycles. The maximum absolute atomic E-state index is 14.0. The summed E-state index contributed by atoms with van der Waals surface area (Å²) in [7, 11) is 1.10. The second kappa shape index (κ2) is 6.46. The monoisotopic (exact) mass is 400 g/mol. The summed E-state index contributed by atoms with van der Waals surface area (Å²) < 4.78 is 101. The molecule has 0 saturated carbocycles. The number of carboxylic acid groups (broad SMARTS) is 1. The average Bonchev–Trinajstić information content (AvgIpc) is 2.89. The third-order valence-electron chi connectivity index (χ3n) is 3.76. The van der Waals surface area contributed by atoms with Gasteiger partial charge >= 0.3 is 24.0 Å². The number of carbonyl (C=O) groups is 1. The molecule has 2 aromatic rings. The van der Waals surface area contributed by atoms with E-state index in [2.05, 4.69) is 9.15 Å². The summed E-state index contributed by atoms with van der Waals surface area (Å²) in [4.78, 5) is 11.3. The smallest absolute Gasteiger partial charge is 0.460 e. The van der Waals surface area contributed by atoms with Crippen molar-refractivity contribution in [1.82, 2.24) is 0 Å². The van der Waals surface area contributed by atoms with Gasteiger partial charge in [0.05, 0.1) is 13.4 Å². The van der Waals surface area contributed by atoms with E-state index in [1.807, 2.05) is 0 Å². The van der Waals surface area contributed by atoms with Gasteiger partial charge in [-0.15, -0.1) is 0 Å². The van der Waals surface area contributed by atoms with Crippen molar-refractivity contribution in [2.24, 2.45) is 0 Å². The highest BCUT2D eigenvalue weighted by atomic mass is 19.4. The van der Waals surface area contributed by atoms with Crippen LogP contribution in [0.15, 0.2) is 28.9 Å². The third kappa shape index (κ3) is 3.10. The lowest BCUT2D eigenvalue weighted by atomic mass is 10.0. The van der Waals surface area contributed by atoms with Gasteiger partial charge in [-0.1, -0.05) is 18.2 Å². The molecule has 0 atom stereocenters. The quantitative estimate of drug-likeness (QED) is 0.431. The van der Waals surface area contributed by atoms with Crippen molar-refractivity contribution in [2.75, 3.05) is 7.11 Å². The first-order valence-corrected chi connectivity index (χ1v) is 7.09. The number of fused-ring (bicyclic) bond motifs is 1. The minimum atomic E-state index is -6.53. The summed E-state index contributed by atoms with van der Waals surface area (Å²) in [6.45, 7) is 0.867. The SMILES string of the molecule is COC=C(C(=O)O)c1cccc2c(C)c(C(F)(F)C(F)(F)C(F)(F)F)oc12. The van der Waals surface area contributed by atoms with Crippen molar-refractivity contribution in [3.05, 3.63) is 41.3 Å². The van der Waals surface area contributed by atoms with E-state index in [9.17, 15) is 40.6 Å². The van der Waals surface area contributed by atoms with Gasteiger partial charge < -0.3 is 14.3 Å². The van der Waals surface area contributed by atoms with Crippen LogP contribution in [-0.4, -0.2) is 30.3 Å². The molecule has 0 aliphatic carbocycles. The summed E-state index contributed by atoms with van der Waals surface area (Å²) in [5.41, 5.74) is -2.17. The fourth-order valence-electron chi connectivity index (χ4n) is 2.42. The molecule has 1 heterocycles.